The molecular formula is C29H33Cl2N3O5S. The van der Waals surface area contributed by atoms with E-state index in [1.54, 1.807) is 68.4 Å². The van der Waals surface area contributed by atoms with Crippen molar-refractivity contribution >= 4 is 50.7 Å². The van der Waals surface area contributed by atoms with E-state index in [1.165, 1.54) is 24.1 Å². The molecule has 8 nitrogen and oxygen atoms in total. The third-order valence-corrected chi connectivity index (χ3v) is 8.72. The van der Waals surface area contributed by atoms with Crippen LogP contribution < -0.4 is 14.4 Å². The largest absolute Gasteiger partial charge is 0.497 e. The number of methoxy groups -OCH3 is 1. The highest BCUT2D eigenvalue weighted by molar-refractivity contribution is 7.92. The maximum absolute atomic E-state index is 14.0. The molecule has 11 heteroatoms. The maximum atomic E-state index is 14.0. The van der Waals surface area contributed by atoms with Gasteiger partial charge in [-0.25, -0.2) is 8.42 Å². The fourth-order valence-electron chi connectivity index (χ4n) is 4.16. The Morgan fingerprint density at radius 2 is 1.62 bits per heavy atom. The molecule has 214 valence electrons. The molecule has 2 amide bonds. The Bertz CT molecular complexity index is 1430. The Balaban J connectivity index is 2.08. The van der Waals surface area contributed by atoms with Crippen LogP contribution in [-0.2, 0) is 26.2 Å². The fraction of sp³-hybridized carbons (Fsp3) is 0.310. The van der Waals surface area contributed by atoms with E-state index in [4.69, 9.17) is 27.9 Å². The molecule has 0 radical (unpaired) electrons. The summed E-state index contributed by atoms with van der Waals surface area (Å²) in [6.45, 7) is 5.22. The molecule has 0 saturated heterocycles. The SMILES string of the molecule is CCNC(=O)C(CC)N(Cc1ccc(Cl)cc1Cl)C(=O)CN(c1ccc(OC)cc1)S(=O)(=O)c1ccc(C)cc1. The first-order chi connectivity index (χ1) is 19.0. The van der Waals surface area contributed by atoms with Crippen LogP contribution in [0.5, 0.6) is 5.75 Å². The maximum Gasteiger partial charge on any atom is 0.264 e. The number of carbonyl (C=O) groups is 2. The van der Waals surface area contributed by atoms with Crippen LogP contribution in [0.4, 0.5) is 5.69 Å². The van der Waals surface area contributed by atoms with Crippen molar-refractivity contribution in [1.29, 1.82) is 0 Å². The molecule has 3 rings (SSSR count). The summed E-state index contributed by atoms with van der Waals surface area (Å²) in [6, 6.07) is 16.8. The molecule has 1 unspecified atom stereocenters. The van der Waals surface area contributed by atoms with Crippen molar-refractivity contribution in [3.8, 4) is 5.75 Å². The number of benzene rings is 3. The topological polar surface area (TPSA) is 96.0 Å². The number of amides is 2. The van der Waals surface area contributed by atoms with Gasteiger partial charge in [0.25, 0.3) is 10.0 Å². The highest BCUT2D eigenvalue weighted by atomic mass is 35.5. The van der Waals surface area contributed by atoms with Crippen molar-refractivity contribution in [2.45, 2.75) is 44.7 Å². The second kappa shape index (κ2) is 13.9. The quantitative estimate of drug-likeness (QED) is 0.296. The van der Waals surface area contributed by atoms with E-state index >= 15 is 0 Å². The smallest absolute Gasteiger partial charge is 0.264 e. The second-order valence-electron chi connectivity index (χ2n) is 9.10. The number of nitrogens with one attached hydrogen (secondary N) is 1. The van der Waals surface area contributed by atoms with Gasteiger partial charge in [0.15, 0.2) is 0 Å². The van der Waals surface area contributed by atoms with Crippen molar-refractivity contribution in [3.63, 3.8) is 0 Å². The van der Waals surface area contributed by atoms with E-state index in [-0.39, 0.29) is 23.0 Å². The normalized spacial score (nSPS) is 11.9. The number of anilines is 1. The summed E-state index contributed by atoms with van der Waals surface area (Å²) in [5, 5.41) is 3.52. The predicted octanol–water partition coefficient (Wildman–Crippen LogP) is 5.45. The first-order valence-corrected chi connectivity index (χ1v) is 15.0. The van der Waals surface area contributed by atoms with Gasteiger partial charge in [0.05, 0.1) is 17.7 Å². The van der Waals surface area contributed by atoms with E-state index in [0.29, 0.717) is 34.3 Å². The average molecular weight is 607 g/mol. The van der Waals surface area contributed by atoms with Gasteiger partial charge in [-0.15, -0.1) is 0 Å². The van der Waals surface area contributed by atoms with Crippen molar-refractivity contribution < 1.29 is 22.7 Å². The Hall–Kier alpha value is -3.27. The average Bonchev–Trinajstić information content (AvgIpc) is 2.93. The Labute approximate surface area is 245 Å². The van der Waals surface area contributed by atoms with E-state index in [9.17, 15) is 18.0 Å². The molecule has 3 aromatic carbocycles. The van der Waals surface area contributed by atoms with Crippen LogP contribution in [0.25, 0.3) is 0 Å². The molecular weight excluding hydrogens is 573 g/mol. The summed E-state index contributed by atoms with van der Waals surface area (Å²) >= 11 is 12.5. The summed E-state index contributed by atoms with van der Waals surface area (Å²) in [6.07, 6.45) is 0.302. The molecule has 0 spiro atoms. The second-order valence-corrected chi connectivity index (χ2v) is 11.8. The lowest BCUT2D eigenvalue weighted by Gasteiger charge is -2.33. The lowest BCUT2D eigenvalue weighted by Crippen LogP contribution is -2.52. The number of likely N-dealkylation sites (N-methyl/N-ethyl adjacent to an activating group) is 1. The zero-order valence-corrected chi connectivity index (χ0v) is 25.2. The molecule has 3 aromatic rings. The predicted molar refractivity (Wildman–Crippen MR) is 158 cm³/mol. The Kier molecular flexibility index (Phi) is 10.8. The van der Waals surface area contributed by atoms with Gasteiger partial charge in [0, 0.05) is 23.1 Å². The molecule has 0 aliphatic heterocycles. The van der Waals surface area contributed by atoms with Crippen LogP contribution in [0.3, 0.4) is 0 Å². The van der Waals surface area contributed by atoms with Crippen LogP contribution >= 0.6 is 23.2 Å². The van der Waals surface area contributed by atoms with Crippen LogP contribution in [0.15, 0.2) is 71.6 Å². The first kappa shape index (κ1) is 31.3. The lowest BCUT2D eigenvalue weighted by atomic mass is 10.1. The molecule has 40 heavy (non-hydrogen) atoms. The Morgan fingerprint density at radius 1 is 0.975 bits per heavy atom. The first-order valence-electron chi connectivity index (χ1n) is 12.8. The third-order valence-electron chi connectivity index (χ3n) is 6.34. The third kappa shape index (κ3) is 7.47. The number of halogens is 2. The number of hydrogen-bond donors (Lipinski definition) is 1. The molecule has 0 aliphatic carbocycles. The zero-order chi connectivity index (χ0) is 29.4. The van der Waals surface area contributed by atoms with E-state index in [0.717, 1.165) is 9.87 Å². The number of rotatable bonds is 12. The minimum absolute atomic E-state index is 0.0223. The van der Waals surface area contributed by atoms with Gasteiger partial charge in [-0.2, -0.15) is 0 Å². The van der Waals surface area contributed by atoms with Crippen molar-refractivity contribution in [3.05, 3.63) is 87.9 Å². The Morgan fingerprint density at radius 3 is 2.17 bits per heavy atom. The molecule has 0 fully saturated rings. The molecule has 0 bridgehead atoms. The van der Waals surface area contributed by atoms with Gasteiger partial charge in [-0.1, -0.05) is 53.9 Å². The van der Waals surface area contributed by atoms with Gasteiger partial charge in [-0.05, 0) is 74.4 Å². The van der Waals surface area contributed by atoms with E-state index in [2.05, 4.69) is 5.32 Å². The van der Waals surface area contributed by atoms with Gasteiger partial charge in [0.1, 0.15) is 18.3 Å². The number of ether oxygens (including phenoxy) is 1. The number of aryl methyl sites for hydroxylation is 1. The van der Waals surface area contributed by atoms with Crippen LogP contribution in [0.1, 0.15) is 31.4 Å². The fourth-order valence-corrected chi connectivity index (χ4v) is 6.04. The molecule has 0 aromatic heterocycles. The molecule has 1 atom stereocenters. The summed E-state index contributed by atoms with van der Waals surface area (Å²) in [5.74, 6) is -0.388. The zero-order valence-electron chi connectivity index (χ0n) is 22.9. The van der Waals surface area contributed by atoms with Gasteiger partial charge in [0.2, 0.25) is 11.8 Å². The monoisotopic (exact) mass is 605 g/mol. The lowest BCUT2D eigenvalue weighted by molar-refractivity contribution is -0.140. The summed E-state index contributed by atoms with van der Waals surface area (Å²) in [5.41, 5.74) is 1.73. The van der Waals surface area contributed by atoms with Crippen LogP contribution in [-0.4, -0.2) is 51.4 Å². The minimum atomic E-state index is -4.17. The highest BCUT2D eigenvalue weighted by Gasteiger charge is 2.33. The number of hydrogen-bond acceptors (Lipinski definition) is 5. The van der Waals surface area contributed by atoms with Gasteiger partial charge >= 0.3 is 0 Å². The van der Waals surface area contributed by atoms with Gasteiger partial charge < -0.3 is 15.0 Å². The minimum Gasteiger partial charge on any atom is -0.497 e. The van der Waals surface area contributed by atoms with E-state index in [1.807, 2.05) is 6.92 Å². The standard InChI is InChI=1S/C29H33Cl2N3O5S/c1-5-27(29(36)32-6-2)33(18-21-9-10-22(30)17-26(21)31)28(35)19-34(23-11-13-24(39-4)14-12-23)40(37,38)25-15-7-20(3)8-16-25/h7-17,27H,5-6,18-19H2,1-4H3,(H,32,36). The highest BCUT2D eigenvalue weighted by Crippen LogP contribution is 2.28. The molecule has 0 heterocycles. The number of sulfonamides is 1. The summed E-state index contributed by atoms with van der Waals surface area (Å²) in [7, 11) is -2.66. The van der Waals surface area contributed by atoms with Gasteiger partial charge in [-0.3, -0.25) is 13.9 Å². The van der Waals surface area contributed by atoms with Crippen molar-refractivity contribution in [2.24, 2.45) is 0 Å². The molecule has 0 saturated carbocycles. The summed E-state index contributed by atoms with van der Waals surface area (Å²) in [4.78, 5) is 28.4. The molecule has 0 aliphatic rings. The number of nitrogens with zero attached hydrogens (tertiary/aromatic N) is 2. The van der Waals surface area contributed by atoms with Crippen LogP contribution in [0.2, 0.25) is 10.0 Å². The van der Waals surface area contributed by atoms with Crippen molar-refractivity contribution in [2.75, 3.05) is 24.5 Å². The number of carbonyl (C=O) groups excluding carboxylic acids is 2. The van der Waals surface area contributed by atoms with Crippen LogP contribution in [0, 0.1) is 6.92 Å². The molecule has 1 N–H and O–H groups in total. The summed E-state index contributed by atoms with van der Waals surface area (Å²) < 4.78 is 34.0. The van der Waals surface area contributed by atoms with Crippen molar-refractivity contribution in [1.82, 2.24) is 10.2 Å². The van der Waals surface area contributed by atoms with E-state index < -0.39 is 28.5 Å².